The molecule has 4 rings (SSSR count). The molecule has 2 heterocycles. The average molecular weight is 519 g/mol. The molecule has 1 unspecified atom stereocenters. The van der Waals surface area contributed by atoms with Crippen LogP contribution in [-0.2, 0) is 30.8 Å². The van der Waals surface area contributed by atoms with Gasteiger partial charge in [0.15, 0.2) is 6.10 Å². The number of piperidine rings is 1. The number of nitrogens with one attached hydrogen (secondary N) is 1. The number of amidine groups is 1. The smallest absolute Gasteiger partial charge is 0.253 e. The number of carbonyl (C=O) groups is 2. The van der Waals surface area contributed by atoms with E-state index in [0.29, 0.717) is 43.8 Å². The van der Waals surface area contributed by atoms with E-state index in [4.69, 9.17) is 15.5 Å². The van der Waals surface area contributed by atoms with Crippen molar-refractivity contribution in [2.45, 2.75) is 70.4 Å². The maximum absolute atomic E-state index is 13.1. The number of aliphatic imine (C=N–C) groups is 1. The molecule has 1 aromatic rings. The number of methoxy groups -OCH3 is 1. The number of rotatable bonds is 8. The summed E-state index contributed by atoms with van der Waals surface area (Å²) in [4.78, 5) is 29.3. The minimum absolute atomic E-state index is 0.0231. The molecule has 1 aliphatic carbocycles. The Hall–Kier alpha value is -2.30. The van der Waals surface area contributed by atoms with Crippen molar-refractivity contribution in [2.24, 2.45) is 22.6 Å². The summed E-state index contributed by atoms with van der Waals surface area (Å²) >= 11 is 0. The number of benzene rings is 1. The largest absolute Gasteiger partial charge is 0.367 e. The van der Waals surface area contributed by atoms with Crippen molar-refractivity contribution >= 4 is 27.7 Å². The fourth-order valence-corrected chi connectivity index (χ4v) is 7.16. The van der Waals surface area contributed by atoms with E-state index in [0.717, 1.165) is 48.6 Å². The molecule has 0 aromatic heterocycles. The van der Waals surface area contributed by atoms with Crippen molar-refractivity contribution in [3.63, 3.8) is 0 Å². The molecule has 3 aliphatic rings. The molecular formula is C26H38N4O5S. The third-order valence-corrected chi connectivity index (χ3v) is 10.0. The van der Waals surface area contributed by atoms with Gasteiger partial charge >= 0.3 is 0 Å². The number of hydrogen-bond acceptors (Lipinski definition) is 6. The van der Waals surface area contributed by atoms with E-state index in [1.807, 2.05) is 19.1 Å². The maximum Gasteiger partial charge on any atom is 0.253 e. The first-order valence-corrected chi connectivity index (χ1v) is 14.5. The minimum atomic E-state index is -3.49. The number of aryl methyl sites for hydroxylation is 2. The monoisotopic (exact) mass is 518 g/mol. The summed E-state index contributed by atoms with van der Waals surface area (Å²) < 4.78 is 32.9. The van der Waals surface area contributed by atoms with E-state index < -0.39 is 27.6 Å². The lowest BCUT2D eigenvalue weighted by Crippen LogP contribution is -2.51. The van der Waals surface area contributed by atoms with Gasteiger partial charge in [-0.2, -0.15) is 0 Å². The molecule has 3 N–H and O–H groups in total. The van der Waals surface area contributed by atoms with Crippen molar-refractivity contribution in [2.75, 3.05) is 26.0 Å². The van der Waals surface area contributed by atoms with E-state index in [1.54, 1.807) is 6.07 Å². The van der Waals surface area contributed by atoms with Gasteiger partial charge in [-0.1, -0.05) is 38.0 Å². The average Bonchev–Trinajstić information content (AvgIpc) is 3.15. The Kier molecular flexibility index (Phi) is 7.87. The molecule has 10 heteroatoms. The summed E-state index contributed by atoms with van der Waals surface area (Å²) in [5.74, 6) is 1.17. The molecule has 1 spiro atoms. The lowest BCUT2D eigenvalue weighted by atomic mass is 9.82. The van der Waals surface area contributed by atoms with E-state index in [9.17, 15) is 18.0 Å². The highest BCUT2D eigenvalue weighted by molar-refractivity contribution is 7.89. The highest BCUT2D eigenvalue weighted by Gasteiger charge is 2.48. The summed E-state index contributed by atoms with van der Waals surface area (Å²) in [5.41, 5.74) is 6.98. The second-order valence-corrected chi connectivity index (χ2v) is 12.7. The van der Waals surface area contributed by atoms with Crippen LogP contribution in [0, 0.1) is 18.8 Å². The van der Waals surface area contributed by atoms with Crippen LogP contribution in [0.4, 0.5) is 0 Å². The van der Waals surface area contributed by atoms with Gasteiger partial charge in [-0.15, -0.1) is 0 Å². The van der Waals surface area contributed by atoms with E-state index in [-0.39, 0.29) is 11.7 Å². The summed E-state index contributed by atoms with van der Waals surface area (Å²) in [6.45, 7) is 4.73. The summed E-state index contributed by atoms with van der Waals surface area (Å²) in [6.07, 6.45) is 4.73. The third-order valence-electron chi connectivity index (χ3n) is 8.14. The Balaban J connectivity index is 1.36. The van der Waals surface area contributed by atoms with Crippen LogP contribution in [0.5, 0.6) is 0 Å². The topological polar surface area (TPSA) is 131 Å². The standard InChI is InChI=1S/C26H38N4O5S/c1-17-4-6-20(7-5-17)24-28-25(32)26(29-24)11-13-30(14-12-26)36(33,34)15-10-19-8-9-21(16-18(19)2)22(35-3)23(27)31/h8-9,16-17,20,22H,4-7,10-15H2,1-3H3,(H2,27,31)(H,28,29,32). The van der Waals surface area contributed by atoms with E-state index in [2.05, 4.69) is 12.2 Å². The number of amides is 2. The third kappa shape index (κ3) is 5.50. The minimum Gasteiger partial charge on any atom is -0.367 e. The number of sulfonamides is 1. The van der Waals surface area contributed by atoms with Crippen molar-refractivity contribution in [3.8, 4) is 0 Å². The van der Waals surface area contributed by atoms with Crippen molar-refractivity contribution in [3.05, 3.63) is 34.9 Å². The molecule has 9 nitrogen and oxygen atoms in total. The lowest BCUT2D eigenvalue weighted by molar-refractivity contribution is -0.128. The zero-order valence-corrected chi connectivity index (χ0v) is 22.3. The molecule has 2 aliphatic heterocycles. The quantitative estimate of drug-likeness (QED) is 0.545. The van der Waals surface area contributed by atoms with Gasteiger partial charge in [0, 0.05) is 26.1 Å². The molecule has 198 valence electrons. The highest BCUT2D eigenvalue weighted by atomic mass is 32.2. The predicted octanol–water partition coefficient (Wildman–Crippen LogP) is 2.23. The lowest BCUT2D eigenvalue weighted by Gasteiger charge is -2.34. The number of nitrogens with two attached hydrogens (primary N) is 1. The van der Waals surface area contributed by atoms with Crippen LogP contribution in [0.1, 0.15) is 68.2 Å². The molecule has 1 saturated carbocycles. The zero-order valence-electron chi connectivity index (χ0n) is 21.5. The van der Waals surface area contributed by atoms with Crippen molar-refractivity contribution < 1.29 is 22.7 Å². The molecule has 0 bridgehead atoms. The fourth-order valence-electron chi connectivity index (χ4n) is 5.69. The first-order chi connectivity index (χ1) is 17.0. The zero-order chi connectivity index (χ0) is 26.1. The van der Waals surface area contributed by atoms with Gasteiger partial charge in [-0.05, 0) is 61.6 Å². The number of carbonyl (C=O) groups excluding carboxylic acids is 2. The van der Waals surface area contributed by atoms with Gasteiger partial charge in [-0.3, -0.25) is 14.6 Å². The van der Waals surface area contributed by atoms with Gasteiger partial charge in [0.1, 0.15) is 11.4 Å². The molecule has 2 amide bonds. The Bertz CT molecular complexity index is 1130. The van der Waals surface area contributed by atoms with E-state index in [1.165, 1.54) is 11.4 Å². The molecule has 36 heavy (non-hydrogen) atoms. The molecule has 1 atom stereocenters. The summed E-state index contributed by atoms with van der Waals surface area (Å²) in [6, 6.07) is 5.39. The molecule has 1 aromatic carbocycles. The Morgan fingerprint density at radius 1 is 1.25 bits per heavy atom. The predicted molar refractivity (Wildman–Crippen MR) is 138 cm³/mol. The van der Waals surface area contributed by atoms with Gasteiger partial charge in [-0.25, -0.2) is 12.7 Å². The van der Waals surface area contributed by atoms with Crippen LogP contribution in [0.2, 0.25) is 0 Å². The highest BCUT2D eigenvalue weighted by Crippen LogP contribution is 2.36. The van der Waals surface area contributed by atoms with Crippen molar-refractivity contribution in [1.29, 1.82) is 0 Å². The van der Waals surface area contributed by atoms with E-state index >= 15 is 0 Å². The van der Waals surface area contributed by atoms with Crippen LogP contribution in [0.3, 0.4) is 0 Å². The number of ether oxygens (including phenoxy) is 1. The Morgan fingerprint density at radius 2 is 1.92 bits per heavy atom. The van der Waals surface area contributed by atoms with Crippen molar-refractivity contribution in [1.82, 2.24) is 9.62 Å². The van der Waals surface area contributed by atoms with Crippen LogP contribution in [0.25, 0.3) is 0 Å². The summed E-state index contributed by atoms with van der Waals surface area (Å²) in [7, 11) is -2.07. The molecule has 2 fully saturated rings. The number of hydrogen-bond donors (Lipinski definition) is 2. The second-order valence-electron chi connectivity index (χ2n) is 10.6. The first kappa shape index (κ1) is 26.8. The molecule has 0 radical (unpaired) electrons. The Labute approximate surface area is 213 Å². The van der Waals surface area contributed by atoms with Crippen LogP contribution < -0.4 is 11.1 Å². The molecular weight excluding hydrogens is 480 g/mol. The Morgan fingerprint density at radius 3 is 2.50 bits per heavy atom. The second kappa shape index (κ2) is 10.6. The number of nitrogens with zero attached hydrogens (tertiary/aromatic N) is 2. The SMILES string of the molecule is COC(C(N)=O)c1ccc(CCS(=O)(=O)N2CCC3(CC2)N=C(C2CCC(C)CC2)NC3=O)c(C)c1. The van der Waals surface area contributed by atoms with Gasteiger partial charge in [0.25, 0.3) is 11.8 Å². The van der Waals surface area contributed by atoms with Crippen LogP contribution >= 0.6 is 0 Å². The van der Waals surface area contributed by atoms with Crippen LogP contribution in [0.15, 0.2) is 23.2 Å². The van der Waals surface area contributed by atoms with Gasteiger partial charge < -0.3 is 15.8 Å². The summed E-state index contributed by atoms with van der Waals surface area (Å²) in [5, 5.41) is 3.03. The molecule has 1 saturated heterocycles. The van der Waals surface area contributed by atoms with Gasteiger partial charge in [0.05, 0.1) is 5.75 Å². The fraction of sp³-hybridized carbons (Fsp3) is 0.654. The van der Waals surface area contributed by atoms with Gasteiger partial charge in [0.2, 0.25) is 10.0 Å². The normalized spacial score (nSPS) is 25.4. The first-order valence-electron chi connectivity index (χ1n) is 12.9. The maximum atomic E-state index is 13.1. The van der Waals surface area contributed by atoms with Crippen LogP contribution in [-0.4, -0.2) is 61.9 Å². The number of primary amides is 1.